The van der Waals surface area contributed by atoms with E-state index in [1.807, 2.05) is 37.2 Å². The largest absolute Gasteiger partial charge is 0.399 e. The average Bonchev–Trinajstić information content (AvgIpc) is 2.03. The van der Waals surface area contributed by atoms with Gasteiger partial charge in [-0.3, -0.25) is 0 Å². The molecular formula is C9H15N3. The van der Waals surface area contributed by atoms with Gasteiger partial charge in [-0.05, 0) is 23.8 Å². The Balaban J connectivity index is 3.11. The van der Waals surface area contributed by atoms with Crippen molar-refractivity contribution < 1.29 is 0 Å². The highest BCUT2D eigenvalue weighted by atomic mass is 15.1. The Morgan fingerprint density at radius 1 is 1.33 bits per heavy atom. The summed E-state index contributed by atoms with van der Waals surface area (Å²) in [6.07, 6.45) is 0. The minimum atomic E-state index is 0.526. The Morgan fingerprint density at radius 3 is 2.50 bits per heavy atom. The average molecular weight is 165 g/mol. The highest BCUT2D eigenvalue weighted by Crippen LogP contribution is 2.20. The van der Waals surface area contributed by atoms with Crippen molar-refractivity contribution >= 4 is 11.4 Å². The van der Waals surface area contributed by atoms with E-state index in [1.165, 1.54) is 0 Å². The smallest absolute Gasteiger partial charge is 0.0408 e. The Kier molecular flexibility index (Phi) is 2.55. The molecule has 12 heavy (non-hydrogen) atoms. The molecule has 3 heteroatoms. The van der Waals surface area contributed by atoms with Crippen molar-refractivity contribution in [2.75, 3.05) is 24.7 Å². The number of rotatable bonds is 2. The van der Waals surface area contributed by atoms with Crippen LogP contribution in [0, 0.1) is 0 Å². The van der Waals surface area contributed by atoms with Gasteiger partial charge in [0.05, 0.1) is 0 Å². The number of benzene rings is 1. The van der Waals surface area contributed by atoms with E-state index in [0.29, 0.717) is 6.54 Å². The number of nitrogens with zero attached hydrogens (tertiary/aromatic N) is 1. The fraction of sp³-hybridized carbons (Fsp3) is 0.333. The van der Waals surface area contributed by atoms with Crippen molar-refractivity contribution in [1.29, 1.82) is 0 Å². The Morgan fingerprint density at radius 2 is 2.00 bits per heavy atom. The van der Waals surface area contributed by atoms with E-state index < -0.39 is 0 Å². The second-order valence-corrected chi connectivity index (χ2v) is 2.99. The highest BCUT2D eigenvalue weighted by molar-refractivity contribution is 5.58. The van der Waals surface area contributed by atoms with Gasteiger partial charge >= 0.3 is 0 Å². The molecule has 1 rings (SSSR count). The summed E-state index contributed by atoms with van der Waals surface area (Å²) in [5, 5.41) is 0. The maximum atomic E-state index is 5.63. The number of nitrogen functional groups attached to an aromatic ring is 1. The number of hydrogen-bond acceptors (Lipinski definition) is 3. The quantitative estimate of drug-likeness (QED) is 0.637. The van der Waals surface area contributed by atoms with Crippen molar-refractivity contribution in [3.8, 4) is 0 Å². The van der Waals surface area contributed by atoms with Gasteiger partial charge in [-0.25, -0.2) is 0 Å². The molecule has 66 valence electrons. The third kappa shape index (κ3) is 1.68. The Bertz CT molecular complexity index is 268. The van der Waals surface area contributed by atoms with E-state index in [9.17, 15) is 0 Å². The van der Waals surface area contributed by atoms with Crippen molar-refractivity contribution in [2.24, 2.45) is 5.73 Å². The van der Waals surface area contributed by atoms with Gasteiger partial charge in [0.25, 0.3) is 0 Å². The summed E-state index contributed by atoms with van der Waals surface area (Å²) in [6.45, 7) is 0.526. The van der Waals surface area contributed by atoms with Crippen LogP contribution in [0.25, 0.3) is 0 Å². The first kappa shape index (κ1) is 8.87. The fourth-order valence-electron chi connectivity index (χ4n) is 1.21. The molecular weight excluding hydrogens is 150 g/mol. The van der Waals surface area contributed by atoms with Crippen molar-refractivity contribution in [3.05, 3.63) is 23.8 Å². The molecule has 3 nitrogen and oxygen atoms in total. The highest BCUT2D eigenvalue weighted by Gasteiger charge is 2.02. The van der Waals surface area contributed by atoms with Gasteiger partial charge < -0.3 is 16.4 Å². The van der Waals surface area contributed by atoms with Crippen LogP contribution in [-0.4, -0.2) is 14.1 Å². The maximum Gasteiger partial charge on any atom is 0.0408 e. The first-order valence-electron chi connectivity index (χ1n) is 3.91. The van der Waals surface area contributed by atoms with Crippen LogP contribution in [0.3, 0.4) is 0 Å². The molecule has 0 saturated heterocycles. The molecule has 0 amide bonds. The molecule has 0 heterocycles. The molecule has 0 aromatic heterocycles. The van der Waals surface area contributed by atoms with E-state index in [-0.39, 0.29) is 0 Å². The Hall–Kier alpha value is -1.22. The fourth-order valence-corrected chi connectivity index (χ4v) is 1.21. The van der Waals surface area contributed by atoms with Gasteiger partial charge in [0.1, 0.15) is 0 Å². The third-order valence-electron chi connectivity index (χ3n) is 1.81. The zero-order valence-electron chi connectivity index (χ0n) is 7.54. The summed E-state index contributed by atoms with van der Waals surface area (Å²) < 4.78 is 0. The van der Waals surface area contributed by atoms with Gasteiger partial charge in [-0.1, -0.05) is 0 Å². The number of anilines is 2. The van der Waals surface area contributed by atoms with Gasteiger partial charge in [0.15, 0.2) is 0 Å². The van der Waals surface area contributed by atoms with E-state index in [1.54, 1.807) is 0 Å². The second-order valence-electron chi connectivity index (χ2n) is 2.99. The van der Waals surface area contributed by atoms with Gasteiger partial charge in [0.2, 0.25) is 0 Å². The molecule has 0 bridgehead atoms. The van der Waals surface area contributed by atoms with Crippen LogP contribution in [-0.2, 0) is 6.54 Å². The molecule has 1 aromatic carbocycles. The molecule has 0 saturated carbocycles. The predicted octanol–water partition coefficient (Wildman–Crippen LogP) is 0.794. The summed E-state index contributed by atoms with van der Waals surface area (Å²) in [5.41, 5.74) is 14.2. The molecule has 1 aromatic rings. The molecule has 0 atom stereocenters. The summed E-state index contributed by atoms with van der Waals surface area (Å²) in [4.78, 5) is 2.03. The minimum absolute atomic E-state index is 0.526. The van der Waals surface area contributed by atoms with Crippen LogP contribution < -0.4 is 16.4 Å². The van der Waals surface area contributed by atoms with Gasteiger partial charge in [-0.2, -0.15) is 0 Å². The molecule has 4 N–H and O–H groups in total. The van der Waals surface area contributed by atoms with Crippen molar-refractivity contribution in [3.63, 3.8) is 0 Å². The lowest BCUT2D eigenvalue weighted by Gasteiger charge is -2.16. The zero-order valence-corrected chi connectivity index (χ0v) is 7.54. The molecule has 0 aliphatic carbocycles. The molecule has 0 aliphatic rings. The lowest BCUT2D eigenvalue weighted by molar-refractivity contribution is 1.03. The van der Waals surface area contributed by atoms with Gasteiger partial charge in [0, 0.05) is 32.0 Å². The van der Waals surface area contributed by atoms with Crippen LogP contribution in [0.15, 0.2) is 18.2 Å². The summed E-state index contributed by atoms with van der Waals surface area (Å²) in [7, 11) is 3.98. The number of nitrogens with two attached hydrogens (primary N) is 2. The maximum absolute atomic E-state index is 5.63. The SMILES string of the molecule is CN(C)c1ccc(N)cc1CN. The normalized spacial score (nSPS) is 9.92. The van der Waals surface area contributed by atoms with Crippen molar-refractivity contribution in [1.82, 2.24) is 0 Å². The third-order valence-corrected chi connectivity index (χ3v) is 1.81. The second kappa shape index (κ2) is 3.45. The predicted molar refractivity (Wildman–Crippen MR) is 53.1 cm³/mol. The zero-order chi connectivity index (χ0) is 9.14. The first-order chi connectivity index (χ1) is 5.65. The molecule has 0 radical (unpaired) electrons. The molecule has 0 aliphatic heterocycles. The van der Waals surface area contributed by atoms with Crippen molar-refractivity contribution in [2.45, 2.75) is 6.54 Å². The summed E-state index contributed by atoms with van der Waals surface area (Å²) in [5.74, 6) is 0. The lowest BCUT2D eigenvalue weighted by Crippen LogP contribution is -2.13. The van der Waals surface area contributed by atoms with E-state index >= 15 is 0 Å². The topological polar surface area (TPSA) is 55.3 Å². The Labute approximate surface area is 73.0 Å². The van der Waals surface area contributed by atoms with E-state index in [0.717, 1.165) is 16.9 Å². The van der Waals surface area contributed by atoms with Gasteiger partial charge in [-0.15, -0.1) is 0 Å². The van der Waals surface area contributed by atoms with E-state index in [4.69, 9.17) is 11.5 Å². The minimum Gasteiger partial charge on any atom is -0.399 e. The van der Waals surface area contributed by atoms with Crippen LogP contribution in [0.2, 0.25) is 0 Å². The van der Waals surface area contributed by atoms with Crippen LogP contribution in [0.5, 0.6) is 0 Å². The lowest BCUT2D eigenvalue weighted by atomic mass is 10.1. The molecule has 0 unspecified atom stereocenters. The molecule has 0 fully saturated rings. The molecule has 0 spiro atoms. The van der Waals surface area contributed by atoms with Crippen LogP contribution in [0.4, 0.5) is 11.4 Å². The first-order valence-corrected chi connectivity index (χ1v) is 3.91. The summed E-state index contributed by atoms with van der Waals surface area (Å²) in [6, 6.07) is 5.78. The van der Waals surface area contributed by atoms with Crippen LogP contribution in [0.1, 0.15) is 5.56 Å². The number of hydrogen-bond donors (Lipinski definition) is 2. The standard InChI is InChI=1S/C9H15N3/c1-12(2)9-4-3-8(11)5-7(9)6-10/h3-5H,6,10-11H2,1-2H3. The monoisotopic (exact) mass is 165 g/mol. The summed E-state index contributed by atoms with van der Waals surface area (Å²) >= 11 is 0. The van der Waals surface area contributed by atoms with E-state index in [2.05, 4.69) is 0 Å². The van der Waals surface area contributed by atoms with Crippen LogP contribution >= 0.6 is 0 Å².